The van der Waals surface area contributed by atoms with Crippen LogP contribution in [0.1, 0.15) is 90.0 Å². The van der Waals surface area contributed by atoms with E-state index in [9.17, 15) is 62.3 Å². The number of hydrogen-bond acceptors (Lipinski definition) is 29. The molecule has 29 nitrogen and oxygen atoms in total. The number of benzene rings is 5. The standard InChI is InChI=1S/C56H48O29/c1-23(57)70-36-14-40(72-25(3)59)50(41(15-36)73-26(4)60)51-42(83-38-18-43(74-27(5)61)52(80-33(11)67)44(19-38)75-28(6)62)22-49(79-32(10)66)55(56(51)82-35(13)69)85-48-17-37(71-24(2)58)16-47(78-31(9)65)54(48)84-39-20-45(76-29(7)63)53(81-34(12)68)46(21-39)77-30(8)64/h14-22H,1-13H3. The molecule has 5 aromatic carbocycles. The highest BCUT2D eigenvalue weighted by atomic mass is 16.6. The molecule has 0 aliphatic rings. The lowest BCUT2D eigenvalue weighted by Crippen LogP contribution is -2.12. The predicted octanol–water partition coefficient (Wildman–Crippen LogP) is 7.76. The van der Waals surface area contributed by atoms with Gasteiger partial charge in [-0.3, -0.25) is 62.3 Å². The largest absolute Gasteiger partial charge is 0.456 e. The number of hydrogen-bond donors (Lipinski definition) is 0. The van der Waals surface area contributed by atoms with Crippen LogP contribution in [0.5, 0.6) is 109 Å². The summed E-state index contributed by atoms with van der Waals surface area (Å²) in [7, 11) is 0. The Balaban J connectivity index is 2.10. The lowest BCUT2D eigenvalue weighted by atomic mass is 9.99. The zero-order valence-corrected chi connectivity index (χ0v) is 47.0. The van der Waals surface area contributed by atoms with Crippen LogP contribution in [-0.2, 0) is 62.3 Å². The highest BCUT2D eigenvalue weighted by molar-refractivity contribution is 5.95. The molecule has 0 aliphatic carbocycles. The van der Waals surface area contributed by atoms with Crippen molar-refractivity contribution in [1.82, 2.24) is 0 Å². The van der Waals surface area contributed by atoms with Crippen LogP contribution in [0.15, 0.2) is 54.6 Å². The zero-order chi connectivity index (χ0) is 63.3. The summed E-state index contributed by atoms with van der Waals surface area (Å²) in [4.78, 5) is 165. The van der Waals surface area contributed by atoms with E-state index in [0.717, 1.165) is 145 Å². The quantitative estimate of drug-likeness (QED) is 0.0530. The Hall–Kier alpha value is -11.4. The maximum Gasteiger partial charge on any atom is 0.308 e. The molecular formula is C56H48O29. The second-order valence-corrected chi connectivity index (χ2v) is 17.0. The van der Waals surface area contributed by atoms with Crippen LogP contribution in [0.4, 0.5) is 0 Å². The highest BCUT2D eigenvalue weighted by Gasteiger charge is 2.35. The molecule has 0 bridgehead atoms. The molecule has 0 heterocycles. The molecule has 0 saturated carbocycles. The van der Waals surface area contributed by atoms with E-state index in [1.54, 1.807) is 0 Å². The van der Waals surface area contributed by atoms with Crippen LogP contribution >= 0.6 is 0 Å². The zero-order valence-electron chi connectivity index (χ0n) is 47.0. The molecule has 0 saturated heterocycles. The summed E-state index contributed by atoms with van der Waals surface area (Å²) < 4.78 is 89.8. The molecule has 0 atom stereocenters. The van der Waals surface area contributed by atoms with Gasteiger partial charge in [0.1, 0.15) is 40.2 Å². The fourth-order valence-electron chi connectivity index (χ4n) is 7.16. The van der Waals surface area contributed by atoms with Gasteiger partial charge in [-0.2, -0.15) is 0 Å². The Labute approximate surface area is 479 Å². The van der Waals surface area contributed by atoms with Crippen molar-refractivity contribution in [2.45, 2.75) is 90.0 Å². The number of carbonyl (C=O) groups excluding carboxylic acids is 13. The molecule has 0 aliphatic heterocycles. The van der Waals surface area contributed by atoms with Gasteiger partial charge in [-0.15, -0.1) is 0 Å². The van der Waals surface area contributed by atoms with Gasteiger partial charge >= 0.3 is 77.6 Å². The number of ether oxygens (including phenoxy) is 16. The first-order valence-corrected chi connectivity index (χ1v) is 24.1. The van der Waals surface area contributed by atoms with Crippen LogP contribution in [-0.4, -0.2) is 77.6 Å². The Morgan fingerprint density at radius 3 is 0.765 bits per heavy atom. The van der Waals surface area contributed by atoms with Crippen LogP contribution in [0.25, 0.3) is 11.1 Å². The van der Waals surface area contributed by atoms with E-state index >= 15 is 0 Å². The van der Waals surface area contributed by atoms with Gasteiger partial charge in [0.25, 0.3) is 0 Å². The summed E-state index contributed by atoms with van der Waals surface area (Å²) in [5, 5.41) is 0. The molecule has 0 fully saturated rings. The van der Waals surface area contributed by atoms with E-state index in [4.69, 9.17) is 75.8 Å². The third-order valence-corrected chi connectivity index (χ3v) is 9.39. The summed E-state index contributed by atoms with van der Waals surface area (Å²) in [5.74, 6) is -26.5. The molecule has 5 aromatic rings. The molecule has 0 N–H and O–H groups in total. The Morgan fingerprint density at radius 1 is 0.188 bits per heavy atom. The van der Waals surface area contributed by atoms with Crippen molar-refractivity contribution < 1.29 is 138 Å². The molecule has 0 unspecified atom stereocenters. The summed E-state index contributed by atoms with van der Waals surface area (Å²) in [6, 6.07) is 8.22. The maximum atomic E-state index is 13.7. The van der Waals surface area contributed by atoms with Gasteiger partial charge in [-0.1, -0.05) is 0 Å². The summed E-state index contributed by atoms with van der Waals surface area (Å²) >= 11 is 0. The van der Waals surface area contributed by atoms with Crippen molar-refractivity contribution in [3.8, 4) is 120 Å². The van der Waals surface area contributed by atoms with Crippen molar-refractivity contribution >= 4 is 77.6 Å². The molecular weight excluding hydrogens is 1140 g/mol. The minimum atomic E-state index is -1.26. The normalized spacial score (nSPS) is 10.3. The fourth-order valence-corrected chi connectivity index (χ4v) is 7.16. The number of carbonyl (C=O) groups is 13. The minimum Gasteiger partial charge on any atom is -0.456 e. The van der Waals surface area contributed by atoms with Gasteiger partial charge in [0.15, 0.2) is 46.0 Å². The highest BCUT2D eigenvalue weighted by Crippen LogP contribution is 2.59. The fraction of sp³-hybridized carbons (Fsp3) is 0.232. The maximum absolute atomic E-state index is 13.7. The number of rotatable bonds is 20. The monoisotopic (exact) mass is 1180 g/mol. The molecule has 0 aromatic heterocycles. The van der Waals surface area contributed by atoms with Gasteiger partial charge in [0.2, 0.25) is 23.0 Å². The number of esters is 13. The first-order chi connectivity index (χ1) is 39.8. The van der Waals surface area contributed by atoms with Crippen molar-refractivity contribution in [3.63, 3.8) is 0 Å². The van der Waals surface area contributed by atoms with Crippen LogP contribution < -0.4 is 75.8 Å². The second kappa shape index (κ2) is 27.9. The molecule has 0 spiro atoms. The van der Waals surface area contributed by atoms with E-state index in [1.165, 1.54) is 0 Å². The molecule has 85 heavy (non-hydrogen) atoms. The second-order valence-electron chi connectivity index (χ2n) is 17.0. The van der Waals surface area contributed by atoms with Crippen LogP contribution in [0, 0.1) is 0 Å². The van der Waals surface area contributed by atoms with Crippen molar-refractivity contribution in [3.05, 3.63) is 54.6 Å². The van der Waals surface area contributed by atoms with Gasteiger partial charge in [-0.05, 0) is 0 Å². The Bertz CT molecular complexity index is 3530. The first kappa shape index (κ1) is 64.4. The molecule has 0 radical (unpaired) electrons. The van der Waals surface area contributed by atoms with E-state index < -0.39 is 198 Å². The van der Waals surface area contributed by atoms with Crippen LogP contribution in [0.3, 0.4) is 0 Å². The first-order valence-electron chi connectivity index (χ1n) is 24.1. The van der Waals surface area contributed by atoms with E-state index in [2.05, 4.69) is 0 Å². The summed E-state index contributed by atoms with van der Waals surface area (Å²) in [6.07, 6.45) is 0. The molecule has 5 rings (SSSR count). The summed E-state index contributed by atoms with van der Waals surface area (Å²) in [5.41, 5.74) is -1.37. The Kier molecular flexibility index (Phi) is 21.1. The topological polar surface area (TPSA) is 370 Å². The average molecular weight is 1180 g/mol. The van der Waals surface area contributed by atoms with Gasteiger partial charge < -0.3 is 75.8 Å². The molecule has 29 heteroatoms. The molecule has 446 valence electrons. The third kappa shape index (κ3) is 18.3. The lowest BCUT2D eigenvalue weighted by Gasteiger charge is -2.25. The third-order valence-electron chi connectivity index (χ3n) is 9.39. The smallest absolute Gasteiger partial charge is 0.308 e. The lowest BCUT2D eigenvalue weighted by molar-refractivity contribution is -0.135. The predicted molar refractivity (Wildman–Crippen MR) is 278 cm³/mol. The van der Waals surface area contributed by atoms with Gasteiger partial charge in [0, 0.05) is 145 Å². The van der Waals surface area contributed by atoms with E-state index in [-0.39, 0.29) is 0 Å². The Morgan fingerprint density at radius 2 is 0.435 bits per heavy atom. The van der Waals surface area contributed by atoms with E-state index in [1.807, 2.05) is 0 Å². The molecule has 0 amide bonds. The van der Waals surface area contributed by atoms with Crippen molar-refractivity contribution in [2.24, 2.45) is 0 Å². The van der Waals surface area contributed by atoms with Gasteiger partial charge in [-0.25, -0.2) is 0 Å². The van der Waals surface area contributed by atoms with Crippen molar-refractivity contribution in [1.29, 1.82) is 0 Å². The van der Waals surface area contributed by atoms with Crippen molar-refractivity contribution in [2.75, 3.05) is 0 Å². The van der Waals surface area contributed by atoms with Gasteiger partial charge in [0.05, 0.1) is 11.1 Å². The average Bonchev–Trinajstić information content (AvgIpc) is 0.906. The summed E-state index contributed by atoms with van der Waals surface area (Å²) in [6.45, 7) is 12.2. The van der Waals surface area contributed by atoms with Crippen LogP contribution in [0.2, 0.25) is 0 Å². The SMILES string of the molecule is CC(=O)Oc1cc(OC(C)=O)c(Oc2cc(OC(C)=O)c(OC(C)=O)c(OC(C)=O)c2)c(Oc2c(OC(C)=O)cc(Oc3cc(OC(C)=O)c(OC(C)=O)c(OC(C)=O)c3)c(-c3c(OC(C)=O)cc(OC(C)=O)cc3OC(C)=O)c2OC(C)=O)c1. The minimum absolute atomic E-state index is 0.442. The van der Waals surface area contributed by atoms with E-state index in [0.29, 0.717) is 0 Å².